The lowest BCUT2D eigenvalue weighted by Crippen LogP contribution is -2.07. The van der Waals surface area contributed by atoms with Crippen LogP contribution in [0.5, 0.6) is 0 Å². The molecule has 0 atom stereocenters. The Kier molecular flexibility index (Phi) is 4.15. The number of rotatable bonds is 5. The highest BCUT2D eigenvalue weighted by molar-refractivity contribution is 5.51. The molecule has 0 aliphatic heterocycles. The molecule has 3 heterocycles. The van der Waals surface area contributed by atoms with Crippen molar-refractivity contribution in [3.05, 3.63) is 60.4 Å². The molecule has 0 aliphatic carbocycles. The highest BCUT2D eigenvalue weighted by atomic mass is 15.2. The molecule has 0 amide bonds. The predicted octanol–water partition coefficient (Wildman–Crippen LogP) is 2.33. The summed E-state index contributed by atoms with van der Waals surface area (Å²) in [6.07, 6.45) is 10.2. The van der Waals surface area contributed by atoms with Crippen molar-refractivity contribution in [3.8, 4) is 0 Å². The third-order valence-corrected chi connectivity index (χ3v) is 2.96. The lowest BCUT2D eigenvalue weighted by molar-refractivity contribution is 1.05. The molecule has 7 heteroatoms. The molecule has 7 nitrogen and oxygen atoms in total. The number of nitrogens with zero attached hydrogens (tertiary/aromatic N) is 5. The van der Waals surface area contributed by atoms with E-state index >= 15 is 0 Å². The van der Waals surface area contributed by atoms with Crippen molar-refractivity contribution in [2.75, 3.05) is 10.6 Å². The minimum atomic E-state index is 0.472. The molecule has 3 aromatic heterocycles. The number of aromatic nitrogens is 5. The molecule has 0 aliphatic rings. The van der Waals surface area contributed by atoms with E-state index in [9.17, 15) is 0 Å². The maximum atomic E-state index is 4.46. The Morgan fingerprint density at radius 2 is 1.91 bits per heavy atom. The summed E-state index contributed by atoms with van der Waals surface area (Å²) in [5.41, 5.74) is 2.05. The molecule has 3 aromatic rings. The van der Waals surface area contributed by atoms with Crippen LogP contribution in [-0.2, 0) is 6.54 Å². The van der Waals surface area contributed by atoms with E-state index in [1.54, 1.807) is 31.0 Å². The van der Waals surface area contributed by atoms with Crippen LogP contribution in [0.1, 0.15) is 11.1 Å². The predicted molar refractivity (Wildman–Crippen MR) is 83.6 cm³/mol. The first-order chi connectivity index (χ1) is 10.8. The average molecular weight is 293 g/mol. The van der Waals surface area contributed by atoms with Gasteiger partial charge in [0.1, 0.15) is 5.82 Å². The van der Waals surface area contributed by atoms with Gasteiger partial charge >= 0.3 is 0 Å². The van der Waals surface area contributed by atoms with Gasteiger partial charge in [-0.2, -0.15) is 4.98 Å². The number of pyridine rings is 1. The van der Waals surface area contributed by atoms with Gasteiger partial charge in [-0.25, -0.2) is 9.97 Å². The quantitative estimate of drug-likeness (QED) is 0.746. The summed E-state index contributed by atoms with van der Waals surface area (Å²) in [7, 11) is 0. The van der Waals surface area contributed by atoms with Crippen molar-refractivity contribution in [1.82, 2.24) is 24.9 Å². The Labute approximate surface area is 127 Å². The maximum Gasteiger partial charge on any atom is 0.230 e. The first kappa shape index (κ1) is 13.9. The molecular formula is C15H15N7. The third kappa shape index (κ3) is 3.51. The molecule has 2 N–H and O–H groups in total. The third-order valence-electron chi connectivity index (χ3n) is 2.96. The molecule has 22 heavy (non-hydrogen) atoms. The highest BCUT2D eigenvalue weighted by Gasteiger charge is 2.05. The van der Waals surface area contributed by atoms with Gasteiger partial charge in [0.05, 0.1) is 6.20 Å². The minimum absolute atomic E-state index is 0.472. The van der Waals surface area contributed by atoms with E-state index in [4.69, 9.17) is 0 Å². The van der Waals surface area contributed by atoms with Crippen molar-refractivity contribution in [2.45, 2.75) is 13.5 Å². The van der Waals surface area contributed by atoms with Gasteiger partial charge in [0.25, 0.3) is 0 Å². The van der Waals surface area contributed by atoms with E-state index in [1.165, 1.54) is 0 Å². The molecule has 0 fully saturated rings. The van der Waals surface area contributed by atoms with Crippen molar-refractivity contribution in [1.29, 1.82) is 0 Å². The molecule has 3 rings (SSSR count). The van der Waals surface area contributed by atoms with Gasteiger partial charge in [-0.3, -0.25) is 9.97 Å². The van der Waals surface area contributed by atoms with Gasteiger partial charge < -0.3 is 10.6 Å². The lowest BCUT2D eigenvalue weighted by atomic mass is 10.3. The SMILES string of the molecule is Cc1cnc(Nc2cnccn2)nc1NCc1cccnc1. The number of hydrogen-bond acceptors (Lipinski definition) is 7. The fourth-order valence-corrected chi connectivity index (χ4v) is 1.85. The summed E-state index contributed by atoms with van der Waals surface area (Å²) >= 11 is 0. The largest absolute Gasteiger partial charge is 0.366 e. The van der Waals surface area contributed by atoms with Crippen LogP contribution in [0.4, 0.5) is 17.6 Å². The van der Waals surface area contributed by atoms with E-state index in [0.717, 1.165) is 16.9 Å². The van der Waals surface area contributed by atoms with Gasteiger partial charge in [-0.1, -0.05) is 6.07 Å². The van der Waals surface area contributed by atoms with Crippen molar-refractivity contribution < 1.29 is 0 Å². The van der Waals surface area contributed by atoms with E-state index in [1.807, 2.05) is 25.3 Å². The van der Waals surface area contributed by atoms with Gasteiger partial charge in [-0.15, -0.1) is 0 Å². The molecule has 0 bridgehead atoms. The second kappa shape index (κ2) is 6.57. The zero-order valence-corrected chi connectivity index (χ0v) is 12.1. The van der Waals surface area contributed by atoms with Crippen molar-refractivity contribution >= 4 is 17.6 Å². The van der Waals surface area contributed by atoms with Crippen LogP contribution < -0.4 is 10.6 Å². The van der Waals surface area contributed by atoms with Crippen LogP contribution in [0, 0.1) is 6.92 Å². The van der Waals surface area contributed by atoms with Crippen LogP contribution in [0.15, 0.2) is 49.3 Å². The normalized spacial score (nSPS) is 10.2. The number of nitrogens with one attached hydrogen (secondary N) is 2. The first-order valence-corrected chi connectivity index (χ1v) is 6.81. The summed E-state index contributed by atoms with van der Waals surface area (Å²) in [5, 5.41) is 6.31. The summed E-state index contributed by atoms with van der Waals surface area (Å²) in [6.45, 7) is 2.61. The standard InChI is InChI=1S/C15H15N7/c1-11-7-20-15(21-13-10-17-5-6-18-13)22-14(11)19-9-12-3-2-4-16-8-12/h2-8,10H,9H2,1H3,(H2,18,19,20,21,22). The molecule has 0 aromatic carbocycles. The van der Waals surface area contributed by atoms with Crippen molar-refractivity contribution in [3.63, 3.8) is 0 Å². The Bertz CT molecular complexity index is 731. The van der Waals surface area contributed by atoms with E-state index in [0.29, 0.717) is 18.3 Å². The van der Waals surface area contributed by atoms with Crippen LogP contribution in [0.2, 0.25) is 0 Å². The Morgan fingerprint density at radius 1 is 1.00 bits per heavy atom. The van der Waals surface area contributed by atoms with Crippen LogP contribution in [0.25, 0.3) is 0 Å². The smallest absolute Gasteiger partial charge is 0.230 e. The molecule has 110 valence electrons. The second-order valence-electron chi connectivity index (χ2n) is 4.66. The molecule has 0 unspecified atom stereocenters. The Morgan fingerprint density at radius 3 is 2.68 bits per heavy atom. The topological polar surface area (TPSA) is 88.5 Å². The summed E-state index contributed by atoms with van der Waals surface area (Å²) in [5.74, 6) is 1.84. The van der Waals surface area contributed by atoms with Gasteiger partial charge in [0.2, 0.25) is 5.95 Å². The molecule has 0 spiro atoms. The van der Waals surface area contributed by atoms with Gasteiger partial charge in [0, 0.05) is 43.1 Å². The number of aryl methyl sites for hydroxylation is 1. The Balaban J connectivity index is 1.72. The molecule has 0 saturated carbocycles. The average Bonchev–Trinajstić information content (AvgIpc) is 2.57. The Hall–Kier alpha value is -3.09. The lowest BCUT2D eigenvalue weighted by Gasteiger charge is -2.10. The fraction of sp³-hybridized carbons (Fsp3) is 0.133. The monoisotopic (exact) mass is 293 g/mol. The highest BCUT2D eigenvalue weighted by Crippen LogP contribution is 2.15. The molecule has 0 saturated heterocycles. The first-order valence-electron chi connectivity index (χ1n) is 6.81. The summed E-state index contributed by atoms with van der Waals surface area (Å²) < 4.78 is 0. The summed E-state index contributed by atoms with van der Waals surface area (Å²) in [6, 6.07) is 3.92. The number of anilines is 3. The number of hydrogen-bond donors (Lipinski definition) is 2. The van der Waals surface area contributed by atoms with Crippen molar-refractivity contribution in [2.24, 2.45) is 0 Å². The second-order valence-corrected chi connectivity index (χ2v) is 4.66. The van der Waals surface area contributed by atoms with Crippen LogP contribution in [-0.4, -0.2) is 24.9 Å². The zero-order valence-electron chi connectivity index (χ0n) is 12.1. The maximum absolute atomic E-state index is 4.46. The zero-order chi connectivity index (χ0) is 15.2. The van der Waals surface area contributed by atoms with Crippen LogP contribution in [0.3, 0.4) is 0 Å². The molecule has 0 radical (unpaired) electrons. The molecular weight excluding hydrogens is 278 g/mol. The fourth-order valence-electron chi connectivity index (χ4n) is 1.85. The van der Waals surface area contributed by atoms with Gasteiger partial charge in [0.15, 0.2) is 5.82 Å². The van der Waals surface area contributed by atoms with Crippen LogP contribution >= 0.6 is 0 Å². The summed E-state index contributed by atoms with van der Waals surface area (Å²) in [4.78, 5) is 20.9. The van der Waals surface area contributed by atoms with E-state index in [-0.39, 0.29) is 0 Å². The van der Waals surface area contributed by atoms with Gasteiger partial charge in [-0.05, 0) is 18.6 Å². The minimum Gasteiger partial charge on any atom is -0.366 e. The van der Waals surface area contributed by atoms with E-state index in [2.05, 4.69) is 35.6 Å². The van der Waals surface area contributed by atoms with E-state index < -0.39 is 0 Å².